The first-order chi connectivity index (χ1) is 13.9. The van der Waals surface area contributed by atoms with Crippen LogP contribution in [0.2, 0.25) is 0 Å². The highest BCUT2D eigenvalue weighted by Gasteiger charge is 2.31. The number of ether oxygens (including phenoxy) is 1. The molecule has 0 N–H and O–H groups in total. The first-order valence-corrected chi connectivity index (χ1v) is 9.93. The van der Waals surface area contributed by atoms with E-state index in [1.165, 1.54) is 0 Å². The molecule has 0 saturated heterocycles. The number of esters is 1. The van der Waals surface area contributed by atoms with Gasteiger partial charge in [0.15, 0.2) is 0 Å². The van der Waals surface area contributed by atoms with Crippen molar-refractivity contribution in [1.29, 1.82) is 0 Å². The van der Waals surface area contributed by atoms with Crippen LogP contribution in [0.25, 0.3) is 0 Å². The standard InChI is InChI=1S/C26H29NO2/c1-18-16-19(2)23(20(3)17-18)26(28)29-25(22-14-10-7-11-15-22)24(27(4)5)21-12-8-6-9-13-21/h6-17,24-25H,1-5H3/t24-,25+/m1/s1. The van der Waals surface area contributed by atoms with Crippen LogP contribution in [-0.4, -0.2) is 25.0 Å². The molecule has 0 aliphatic rings. The Kier molecular flexibility index (Phi) is 6.50. The summed E-state index contributed by atoms with van der Waals surface area (Å²) in [7, 11) is 4.04. The number of hydrogen-bond acceptors (Lipinski definition) is 3. The third-order valence-electron chi connectivity index (χ3n) is 5.23. The molecule has 0 saturated carbocycles. The topological polar surface area (TPSA) is 29.5 Å². The second-order valence-electron chi connectivity index (χ2n) is 7.83. The Hall–Kier alpha value is -2.91. The number of likely N-dealkylation sites (N-methyl/N-ethyl adjacent to an activating group) is 1. The average Bonchev–Trinajstić information content (AvgIpc) is 2.68. The highest BCUT2D eigenvalue weighted by atomic mass is 16.5. The quantitative estimate of drug-likeness (QED) is 0.500. The van der Waals surface area contributed by atoms with Gasteiger partial charge in [0.25, 0.3) is 0 Å². The molecule has 3 aromatic rings. The van der Waals surface area contributed by atoms with E-state index in [1.54, 1.807) is 0 Å². The molecule has 3 nitrogen and oxygen atoms in total. The van der Waals surface area contributed by atoms with Crippen molar-refractivity contribution in [3.05, 3.63) is 106 Å². The van der Waals surface area contributed by atoms with Gasteiger partial charge in [-0.05, 0) is 57.1 Å². The summed E-state index contributed by atoms with van der Waals surface area (Å²) in [6.07, 6.45) is -0.429. The summed E-state index contributed by atoms with van der Waals surface area (Å²) >= 11 is 0. The predicted octanol–water partition coefficient (Wildman–Crippen LogP) is 5.81. The molecule has 2 atom stereocenters. The summed E-state index contributed by atoms with van der Waals surface area (Å²) in [4.78, 5) is 15.4. The zero-order chi connectivity index (χ0) is 21.0. The Balaban J connectivity index is 2.04. The molecule has 3 heteroatoms. The molecule has 0 bridgehead atoms. The van der Waals surface area contributed by atoms with Gasteiger partial charge >= 0.3 is 5.97 Å². The van der Waals surface area contributed by atoms with Gasteiger partial charge in [0.1, 0.15) is 6.10 Å². The average molecular weight is 388 g/mol. The van der Waals surface area contributed by atoms with Crippen molar-refractivity contribution in [2.45, 2.75) is 32.9 Å². The van der Waals surface area contributed by atoms with Crippen molar-refractivity contribution in [2.75, 3.05) is 14.1 Å². The molecule has 0 unspecified atom stereocenters. The normalized spacial score (nSPS) is 13.2. The van der Waals surface area contributed by atoms with E-state index in [9.17, 15) is 4.79 Å². The molecule has 0 heterocycles. The van der Waals surface area contributed by atoms with Gasteiger partial charge in [-0.25, -0.2) is 4.79 Å². The van der Waals surface area contributed by atoms with Crippen LogP contribution in [0, 0.1) is 20.8 Å². The number of carbonyl (C=O) groups is 1. The van der Waals surface area contributed by atoms with Crippen LogP contribution in [0.15, 0.2) is 72.8 Å². The van der Waals surface area contributed by atoms with Crippen LogP contribution in [-0.2, 0) is 4.74 Å². The minimum atomic E-state index is -0.429. The molecule has 150 valence electrons. The summed E-state index contributed by atoms with van der Waals surface area (Å²) in [5.74, 6) is -0.281. The number of hydrogen-bond donors (Lipinski definition) is 0. The van der Waals surface area contributed by atoms with Crippen LogP contribution < -0.4 is 0 Å². The van der Waals surface area contributed by atoms with E-state index in [-0.39, 0.29) is 12.0 Å². The van der Waals surface area contributed by atoms with Gasteiger partial charge in [-0.2, -0.15) is 0 Å². The smallest absolute Gasteiger partial charge is 0.339 e. The Morgan fingerprint density at radius 3 is 1.76 bits per heavy atom. The Morgan fingerprint density at radius 1 is 0.793 bits per heavy atom. The number of nitrogens with zero attached hydrogens (tertiary/aromatic N) is 1. The second kappa shape index (κ2) is 9.06. The molecule has 0 aliphatic carbocycles. The van der Waals surface area contributed by atoms with E-state index in [0.29, 0.717) is 5.56 Å². The van der Waals surface area contributed by atoms with Crippen molar-refractivity contribution < 1.29 is 9.53 Å². The van der Waals surface area contributed by atoms with Gasteiger partial charge in [-0.15, -0.1) is 0 Å². The van der Waals surface area contributed by atoms with Crippen molar-refractivity contribution in [3.63, 3.8) is 0 Å². The van der Waals surface area contributed by atoms with Gasteiger partial charge in [-0.3, -0.25) is 4.90 Å². The minimum absolute atomic E-state index is 0.103. The summed E-state index contributed by atoms with van der Waals surface area (Å²) in [5.41, 5.74) is 5.77. The molecule has 0 fully saturated rings. The maximum atomic E-state index is 13.3. The van der Waals surface area contributed by atoms with Crippen LogP contribution >= 0.6 is 0 Å². The van der Waals surface area contributed by atoms with E-state index in [1.807, 2.05) is 95.5 Å². The minimum Gasteiger partial charge on any atom is -0.452 e. The van der Waals surface area contributed by atoms with E-state index in [2.05, 4.69) is 17.0 Å². The fourth-order valence-corrected chi connectivity index (χ4v) is 4.03. The van der Waals surface area contributed by atoms with Gasteiger partial charge < -0.3 is 4.74 Å². The fourth-order valence-electron chi connectivity index (χ4n) is 4.03. The number of aryl methyl sites for hydroxylation is 3. The third-order valence-corrected chi connectivity index (χ3v) is 5.23. The van der Waals surface area contributed by atoms with Crippen LogP contribution in [0.4, 0.5) is 0 Å². The zero-order valence-corrected chi connectivity index (χ0v) is 17.8. The van der Waals surface area contributed by atoms with Crippen molar-refractivity contribution in [2.24, 2.45) is 0 Å². The maximum Gasteiger partial charge on any atom is 0.339 e. The lowest BCUT2D eigenvalue weighted by molar-refractivity contribution is 0.00480. The van der Waals surface area contributed by atoms with E-state index >= 15 is 0 Å². The molecule has 29 heavy (non-hydrogen) atoms. The molecule has 3 rings (SSSR count). The van der Waals surface area contributed by atoms with E-state index in [0.717, 1.165) is 27.8 Å². The zero-order valence-electron chi connectivity index (χ0n) is 17.8. The SMILES string of the molecule is Cc1cc(C)c(C(=O)O[C@@H](c2ccccc2)[C@@H](c2ccccc2)N(C)C)c(C)c1. The van der Waals surface area contributed by atoms with Crippen molar-refractivity contribution in [3.8, 4) is 0 Å². The number of carbonyl (C=O) groups excluding carboxylic acids is 1. The second-order valence-corrected chi connectivity index (χ2v) is 7.83. The summed E-state index contributed by atoms with van der Waals surface area (Å²) in [6, 6.07) is 24.1. The highest BCUT2D eigenvalue weighted by Crippen LogP contribution is 2.36. The Bertz CT molecular complexity index is 942. The van der Waals surface area contributed by atoms with E-state index in [4.69, 9.17) is 4.74 Å². The van der Waals surface area contributed by atoms with Crippen LogP contribution in [0.3, 0.4) is 0 Å². The predicted molar refractivity (Wildman–Crippen MR) is 118 cm³/mol. The lowest BCUT2D eigenvalue weighted by atomic mass is 9.94. The molecule has 0 radical (unpaired) electrons. The molecule has 0 amide bonds. The maximum absolute atomic E-state index is 13.3. The summed E-state index contributed by atoms with van der Waals surface area (Å²) < 4.78 is 6.22. The summed E-state index contributed by atoms with van der Waals surface area (Å²) in [5, 5.41) is 0. The lowest BCUT2D eigenvalue weighted by Crippen LogP contribution is -2.29. The van der Waals surface area contributed by atoms with Gasteiger partial charge in [0.2, 0.25) is 0 Å². The fraction of sp³-hybridized carbons (Fsp3) is 0.269. The van der Waals surface area contributed by atoms with Gasteiger partial charge in [0.05, 0.1) is 11.6 Å². The van der Waals surface area contributed by atoms with Crippen molar-refractivity contribution >= 4 is 5.97 Å². The first-order valence-electron chi connectivity index (χ1n) is 9.93. The lowest BCUT2D eigenvalue weighted by Gasteiger charge is -2.33. The Morgan fingerprint density at radius 2 is 1.28 bits per heavy atom. The molecular weight excluding hydrogens is 358 g/mol. The van der Waals surface area contributed by atoms with Crippen molar-refractivity contribution in [1.82, 2.24) is 4.90 Å². The van der Waals surface area contributed by atoms with Gasteiger partial charge in [-0.1, -0.05) is 78.4 Å². The molecule has 0 spiro atoms. The van der Waals surface area contributed by atoms with Gasteiger partial charge in [0, 0.05) is 0 Å². The number of benzene rings is 3. The van der Waals surface area contributed by atoms with Crippen LogP contribution in [0.1, 0.15) is 50.3 Å². The monoisotopic (exact) mass is 387 g/mol. The molecule has 3 aromatic carbocycles. The number of rotatable bonds is 6. The Labute approximate surface area is 174 Å². The third kappa shape index (κ3) is 4.75. The largest absolute Gasteiger partial charge is 0.452 e. The molecular formula is C26H29NO2. The highest BCUT2D eigenvalue weighted by molar-refractivity contribution is 5.93. The van der Waals surface area contributed by atoms with Crippen LogP contribution in [0.5, 0.6) is 0 Å². The summed E-state index contributed by atoms with van der Waals surface area (Å²) in [6.45, 7) is 5.98. The van der Waals surface area contributed by atoms with E-state index < -0.39 is 6.10 Å². The molecule has 0 aromatic heterocycles. The molecule has 0 aliphatic heterocycles. The first kappa shape index (κ1) is 20.8.